The number of nitrogens with zero attached hydrogens (tertiary/aromatic N) is 1. The van der Waals surface area contributed by atoms with E-state index in [1.807, 2.05) is 26.0 Å². The molecular formula is C11H17HgNO2S. The number of hydrogen-bond donors (Lipinski definition) is 0. The molecule has 86 valence electrons. The summed E-state index contributed by atoms with van der Waals surface area (Å²) < 4.78 is 27.3. The van der Waals surface area contributed by atoms with E-state index in [0.717, 1.165) is 9.49 Å². The fourth-order valence-electron chi connectivity index (χ4n) is 1.56. The monoisotopic (exact) mass is 429 g/mol. The Kier molecular flexibility index (Phi) is 5.40. The predicted octanol–water partition coefficient (Wildman–Crippen LogP) is 2.44. The van der Waals surface area contributed by atoms with Gasteiger partial charge in [0, 0.05) is 0 Å². The van der Waals surface area contributed by atoms with E-state index >= 15 is 0 Å². The second-order valence-corrected chi connectivity index (χ2v) is 16.1. The molecule has 0 spiro atoms. The summed E-state index contributed by atoms with van der Waals surface area (Å²) in [4.78, 5) is 0.438. The van der Waals surface area contributed by atoms with Crippen molar-refractivity contribution in [2.75, 3.05) is 6.54 Å². The molecule has 0 saturated carbocycles. The third-order valence-electron chi connectivity index (χ3n) is 2.48. The van der Waals surface area contributed by atoms with Crippen molar-refractivity contribution in [3.05, 3.63) is 29.8 Å². The van der Waals surface area contributed by atoms with Crippen molar-refractivity contribution < 1.29 is 33.3 Å². The van der Waals surface area contributed by atoms with Gasteiger partial charge in [-0.25, -0.2) is 0 Å². The summed E-state index contributed by atoms with van der Waals surface area (Å²) in [6.45, 7) is 6.57. The maximum absolute atomic E-state index is 12.2. The summed E-state index contributed by atoms with van der Waals surface area (Å²) >= 11 is -1.43. The van der Waals surface area contributed by atoms with Crippen LogP contribution in [0.1, 0.15) is 19.4 Å². The van der Waals surface area contributed by atoms with Gasteiger partial charge in [-0.15, -0.1) is 0 Å². The number of sulfonamides is 1. The molecule has 0 radical (unpaired) electrons. The molecule has 0 amide bonds. The van der Waals surface area contributed by atoms with Gasteiger partial charge in [-0.2, -0.15) is 0 Å². The Labute approximate surface area is 111 Å². The van der Waals surface area contributed by atoms with Crippen molar-refractivity contribution in [3.63, 3.8) is 0 Å². The summed E-state index contributed by atoms with van der Waals surface area (Å²) in [5.74, 6) is 0. The average Bonchev–Trinajstić information content (AvgIpc) is 2.26. The van der Waals surface area contributed by atoms with Crippen molar-refractivity contribution >= 4 is 10.0 Å². The van der Waals surface area contributed by atoms with Crippen molar-refractivity contribution in [1.82, 2.24) is 2.07 Å². The van der Waals surface area contributed by atoms with Crippen LogP contribution in [-0.2, 0) is 34.9 Å². The van der Waals surface area contributed by atoms with E-state index in [9.17, 15) is 8.42 Å². The van der Waals surface area contributed by atoms with Crippen molar-refractivity contribution in [3.8, 4) is 0 Å². The van der Waals surface area contributed by atoms with Crippen LogP contribution in [0.5, 0.6) is 0 Å². The normalized spacial score (nSPS) is 11.5. The van der Waals surface area contributed by atoms with Crippen LogP contribution in [-0.4, -0.2) is 17.0 Å². The second kappa shape index (κ2) is 6.12. The van der Waals surface area contributed by atoms with Crippen molar-refractivity contribution in [1.29, 1.82) is 0 Å². The number of benzene rings is 1. The quantitative estimate of drug-likeness (QED) is 0.677. The fourth-order valence-corrected chi connectivity index (χ4v) is 12.2. The SMILES string of the molecule is C[CH2][Hg][N](CC)S(=O)(=O)c1ccc(C)cc1. The second-order valence-electron chi connectivity index (χ2n) is 3.81. The first-order chi connectivity index (χ1) is 7.52. The Bertz CT molecular complexity index is 428. The van der Waals surface area contributed by atoms with E-state index < -0.39 is 34.9 Å². The molecule has 0 atom stereocenters. The molecule has 0 saturated heterocycles. The zero-order chi connectivity index (χ0) is 12.2. The standard InChI is InChI=1S/C9H12NO2S.C2H5.Hg/c1-3-10-13(11,12)9-6-4-8(2)5-7-9;1-2;/h4-7H,3H2,1-2H3;1H2,2H3;/q-1;;+1. The molecule has 1 aromatic carbocycles. The van der Waals surface area contributed by atoms with Crippen LogP contribution >= 0.6 is 0 Å². The Morgan fingerprint density at radius 3 is 2.19 bits per heavy atom. The molecule has 0 heterocycles. The molecule has 5 heteroatoms. The molecule has 16 heavy (non-hydrogen) atoms. The first-order valence-corrected chi connectivity index (χ1v) is 13.4. The van der Waals surface area contributed by atoms with Crippen LogP contribution in [0.25, 0.3) is 0 Å². The van der Waals surface area contributed by atoms with Crippen LogP contribution in [0.15, 0.2) is 29.2 Å². The molecule has 1 rings (SSSR count). The number of hydrogen-bond acceptors (Lipinski definition) is 2. The summed E-state index contributed by atoms with van der Waals surface area (Å²) in [6.07, 6.45) is 0. The van der Waals surface area contributed by atoms with Gasteiger partial charge in [0.25, 0.3) is 0 Å². The number of aryl methyl sites for hydroxylation is 1. The molecule has 3 nitrogen and oxygen atoms in total. The number of rotatable bonds is 5. The summed E-state index contributed by atoms with van der Waals surface area (Å²) in [6, 6.07) is 7.11. The minimum absolute atomic E-state index is 0.438. The van der Waals surface area contributed by atoms with Crippen molar-refractivity contribution in [2.24, 2.45) is 0 Å². The Morgan fingerprint density at radius 1 is 1.19 bits per heavy atom. The summed E-state index contributed by atoms with van der Waals surface area (Å²) in [7, 11) is -3.20. The molecule has 0 aliphatic rings. The maximum atomic E-state index is 12.2. The zero-order valence-electron chi connectivity index (χ0n) is 10.1. The van der Waals surface area contributed by atoms with E-state index in [-0.39, 0.29) is 0 Å². The van der Waals surface area contributed by atoms with Gasteiger partial charge in [-0.05, 0) is 0 Å². The Hall–Kier alpha value is 0.0651. The third kappa shape index (κ3) is 3.28. The minimum atomic E-state index is -3.20. The molecule has 0 aromatic heterocycles. The molecule has 0 unspecified atom stereocenters. The van der Waals surface area contributed by atoms with Gasteiger partial charge in [0.1, 0.15) is 0 Å². The Balaban J connectivity index is 3.04. The van der Waals surface area contributed by atoms with Crippen LogP contribution < -0.4 is 0 Å². The topological polar surface area (TPSA) is 37.4 Å². The fraction of sp³-hybridized carbons (Fsp3) is 0.455. The molecule has 0 bridgehead atoms. The van der Waals surface area contributed by atoms with E-state index in [2.05, 4.69) is 6.92 Å². The first-order valence-electron chi connectivity index (χ1n) is 5.59. The van der Waals surface area contributed by atoms with Gasteiger partial charge in [-0.3, -0.25) is 0 Å². The van der Waals surface area contributed by atoms with Gasteiger partial charge in [-0.1, -0.05) is 0 Å². The molecule has 0 fully saturated rings. The van der Waals surface area contributed by atoms with E-state index in [0.29, 0.717) is 11.4 Å². The first kappa shape index (κ1) is 14.1. The van der Waals surface area contributed by atoms with Crippen LogP contribution in [0.2, 0.25) is 3.93 Å². The Morgan fingerprint density at radius 2 is 1.75 bits per heavy atom. The predicted molar refractivity (Wildman–Crippen MR) is 61.2 cm³/mol. The van der Waals surface area contributed by atoms with E-state index in [1.165, 1.54) is 0 Å². The van der Waals surface area contributed by atoms with Gasteiger partial charge in [0.05, 0.1) is 0 Å². The molecule has 0 N–H and O–H groups in total. The zero-order valence-corrected chi connectivity index (χ0v) is 16.4. The average molecular weight is 428 g/mol. The van der Waals surface area contributed by atoms with Crippen LogP contribution in [0.4, 0.5) is 0 Å². The molecule has 0 aliphatic carbocycles. The molecule has 1 aromatic rings. The molecular weight excluding hydrogens is 411 g/mol. The summed E-state index contributed by atoms with van der Waals surface area (Å²) in [5, 5.41) is 0. The van der Waals surface area contributed by atoms with Gasteiger partial charge in [0.15, 0.2) is 0 Å². The van der Waals surface area contributed by atoms with Gasteiger partial charge < -0.3 is 0 Å². The summed E-state index contributed by atoms with van der Waals surface area (Å²) in [5.41, 5.74) is 1.09. The van der Waals surface area contributed by atoms with E-state index in [1.54, 1.807) is 14.2 Å². The van der Waals surface area contributed by atoms with E-state index in [4.69, 9.17) is 0 Å². The van der Waals surface area contributed by atoms with Crippen LogP contribution in [0, 0.1) is 6.92 Å². The van der Waals surface area contributed by atoms with Crippen LogP contribution in [0.3, 0.4) is 0 Å². The van der Waals surface area contributed by atoms with Gasteiger partial charge >= 0.3 is 111 Å². The van der Waals surface area contributed by atoms with Gasteiger partial charge in [0.2, 0.25) is 0 Å². The van der Waals surface area contributed by atoms with Crippen molar-refractivity contribution in [2.45, 2.75) is 29.6 Å². The third-order valence-corrected chi connectivity index (χ3v) is 15.3. The molecule has 0 aliphatic heterocycles.